The van der Waals surface area contributed by atoms with Gasteiger partial charge in [-0.25, -0.2) is 4.79 Å². The third-order valence-electron chi connectivity index (χ3n) is 6.83. The first-order valence-corrected chi connectivity index (χ1v) is 13.3. The minimum atomic E-state index is -1.41. The molecule has 1 heterocycles. The van der Waals surface area contributed by atoms with Crippen LogP contribution in [0.2, 0.25) is 0 Å². The predicted octanol–water partition coefficient (Wildman–Crippen LogP) is -0.247. The van der Waals surface area contributed by atoms with Gasteiger partial charge < -0.3 is 42.6 Å². The van der Waals surface area contributed by atoms with Crippen molar-refractivity contribution in [3.8, 4) is 0 Å². The Hall–Kier alpha value is -4.46. The maximum Gasteiger partial charge on any atom is 0.326 e. The standard InChI is InChI=1S/C27H38N6O8/c1-3-14(2)23(33-24(37)17(28)8-10-21(29)34)26(39)31-19(9-11-22(35)36)25(38)32-20(27(40)41)12-15-13-30-18-7-5-4-6-16(15)18/h4-7,13-14,17,19-20,23,30H,3,8-12,28H2,1-2H3,(H2,29,34)(H,31,39)(H,32,38)(H,33,37)(H,35,36)(H,40,41)/t14-,17-,19-,20-,23+/m0/s1. The molecule has 0 radical (unpaired) electrons. The third kappa shape index (κ3) is 9.90. The molecule has 0 aliphatic carbocycles. The van der Waals surface area contributed by atoms with Crippen molar-refractivity contribution in [2.75, 3.05) is 0 Å². The highest BCUT2D eigenvalue weighted by Crippen LogP contribution is 2.19. The number of carboxylic acids is 2. The van der Waals surface area contributed by atoms with Gasteiger partial charge in [0.15, 0.2) is 0 Å². The van der Waals surface area contributed by atoms with Crippen LogP contribution < -0.4 is 27.4 Å². The van der Waals surface area contributed by atoms with Crippen molar-refractivity contribution in [3.63, 3.8) is 0 Å². The number of carboxylic acid groups (broad SMARTS) is 2. The number of carbonyl (C=O) groups excluding carboxylic acids is 4. The largest absolute Gasteiger partial charge is 0.481 e. The molecule has 1 aromatic carbocycles. The Balaban J connectivity index is 2.20. The first-order valence-electron chi connectivity index (χ1n) is 13.3. The van der Waals surface area contributed by atoms with Gasteiger partial charge in [-0.3, -0.25) is 24.0 Å². The number of nitrogens with two attached hydrogens (primary N) is 2. The molecule has 0 saturated heterocycles. The Bertz CT molecular complexity index is 1260. The molecular weight excluding hydrogens is 536 g/mol. The summed E-state index contributed by atoms with van der Waals surface area (Å²) >= 11 is 0. The Morgan fingerprint density at radius 2 is 1.56 bits per heavy atom. The van der Waals surface area contributed by atoms with Gasteiger partial charge in [-0.2, -0.15) is 0 Å². The van der Waals surface area contributed by atoms with Crippen molar-refractivity contribution >= 4 is 46.5 Å². The second-order valence-electron chi connectivity index (χ2n) is 9.94. The maximum absolute atomic E-state index is 13.3. The highest BCUT2D eigenvalue weighted by Gasteiger charge is 2.33. The van der Waals surface area contributed by atoms with Crippen LogP contribution in [0.15, 0.2) is 30.5 Å². The molecule has 0 spiro atoms. The fraction of sp³-hybridized carbons (Fsp3) is 0.481. The molecule has 41 heavy (non-hydrogen) atoms. The molecular formula is C27H38N6O8. The van der Waals surface area contributed by atoms with Gasteiger partial charge in [-0.15, -0.1) is 0 Å². The molecule has 0 aliphatic rings. The van der Waals surface area contributed by atoms with Crippen molar-refractivity contribution in [1.82, 2.24) is 20.9 Å². The van der Waals surface area contributed by atoms with E-state index in [1.54, 1.807) is 32.2 Å². The monoisotopic (exact) mass is 574 g/mol. The number of rotatable bonds is 17. The zero-order valence-corrected chi connectivity index (χ0v) is 23.0. The third-order valence-corrected chi connectivity index (χ3v) is 6.83. The van der Waals surface area contributed by atoms with Gasteiger partial charge in [-0.1, -0.05) is 38.5 Å². The second-order valence-corrected chi connectivity index (χ2v) is 9.94. The molecule has 4 amide bonds. The van der Waals surface area contributed by atoms with Gasteiger partial charge >= 0.3 is 11.9 Å². The summed E-state index contributed by atoms with van der Waals surface area (Å²) in [5, 5.41) is 27.2. The van der Waals surface area contributed by atoms with Crippen LogP contribution in [0.3, 0.4) is 0 Å². The average Bonchev–Trinajstić information content (AvgIpc) is 3.33. The SMILES string of the molecule is CC[C@H](C)[C@@H](NC(=O)[C@@H](N)CCC(N)=O)C(=O)N[C@@H](CCC(=O)O)C(=O)N[C@@H](Cc1c[nH]c2ccccc12)C(=O)O. The van der Waals surface area contributed by atoms with E-state index in [0.717, 1.165) is 10.9 Å². The average molecular weight is 575 g/mol. The van der Waals surface area contributed by atoms with Gasteiger partial charge in [-0.05, 0) is 30.4 Å². The number of hydrogen-bond acceptors (Lipinski definition) is 7. The van der Waals surface area contributed by atoms with Crippen LogP contribution in [0.1, 0.15) is 51.5 Å². The summed E-state index contributed by atoms with van der Waals surface area (Å²) in [7, 11) is 0. The number of primary amides is 1. The molecule has 2 aromatic rings. The molecule has 0 saturated carbocycles. The lowest BCUT2D eigenvalue weighted by Gasteiger charge is -2.28. The van der Waals surface area contributed by atoms with Crippen LogP contribution in [-0.4, -0.2) is 74.9 Å². The van der Waals surface area contributed by atoms with Crippen LogP contribution in [-0.2, 0) is 35.2 Å². The van der Waals surface area contributed by atoms with Crippen LogP contribution in [0, 0.1) is 5.92 Å². The maximum atomic E-state index is 13.3. The van der Waals surface area contributed by atoms with E-state index in [-0.39, 0.29) is 25.7 Å². The number of carbonyl (C=O) groups is 6. The number of H-pyrrole nitrogens is 1. The van der Waals surface area contributed by atoms with Gasteiger partial charge in [0, 0.05) is 36.4 Å². The number of benzene rings is 1. The van der Waals surface area contributed by atoms with Crippen LogP contribution in [0.5, 0.6) is 0 Å². The molecule has 224 valence electrons. The highest BCUT2D eigenvalue weighted by atomic mass is 16.4. The van der Waals surface area contributed by atoms with E-state index in [1.165, 1.54) is 0 Å². The zero-order chi connectivity index (χ0) is 30.7. The van der Waals surface area contributed by atoms with Crippen molar-refractivity contribution in [2.45, 2.75) is 76.5 Å². The number of nitrogens with one attached hydrogen (secondary N) is 4. The van der Waals surface area contributed by atoms with E-state index < -0.39 is 72.1 Å². The number of aromatic amines is 1. The summed E-state index contributed by atoms with van der Waals surface area (Å²) in [6.45, 7) is 3.47. The lowest BCUT2D eigenvalue weighted by Crippen LogP contribution is -2.58. The van der Waals surface area contributed by atoms with E-state index >= 15 is 0 Å². The Kier molecular flexibility index (Phi) is 12.3. The summed E-state index contributed by atoms with van der Waals surface area (Å²) in [4.78, 5) is 76.4. The molecule has 0 aliphatic heterocycles. The second kappa shape index (κ2) is 15.4. The topological polar surface area (TPSA) is 247 Å². The molecule has 14 nitrogen and oxygen atoms in total. The number of aromatic nitrogens is 1. The summed E-state index contributed by atoms with van der Waals surface area (Å²) in [5.41, 5.74) is 12.4. The Labute approximate surface area is 236 Å². The number of hydrogen-bond donors (Lipinski definition) is 8. The normalized spacial score (nSPS) is 14.7. The van der Waals surface area contributed by atoms with Crippen molar-refractivity contribution < 1.29 is 39.0 Å². The summed E-state index contributed by atoms with van der Waals surface area (Å²) in [6.07, 6.45) is 1.04. The molecule has 2 rings (SSSR count). The lowest BCUT2D eigenvalue weighted by molar-refractivity contribution is -0.143. The number of para-hydroxylation sites is 1. The summed E-state index contributed by atoms with van der Waals surface area (Å²) in [5.74, 6) is -5.97. The van der Waals surface area contributed by atoms with E-state index in [9.17, 15) is 39.0 Å². The van der Waals surface area contributed by atoms with E-state index in [1.807, 2.05) is 12.1 Å². The van der Waals surface area contributed by atoms with Gasteiger partial charge in [0.1, 0.15) is 18.1 Å². The van der Waals surface area contributed by atoms with E-state index in [0.29, 0.717) is 12.0 Å². The van der Waals surface area contributed by atoms with Crippen molar-refractivity contribution in [3.05, 3.63) is 36.0 Å². The molecule has 0 bridgehead atoms. The number of fused-ring (bicyclic) bond motifs is 1. The minimum Gasteiger partial charge on any atom is -0.481 e. The Morgan fingerprint density at radius 1 is 0.902 bits per heavy atom. The molecule has 14 heteroatoms. The summed E-state index contributed by atoms with van der Waals surface area (Å²) < 4.78 is 0. The van der Waals surface area contributed by atoms with E-state index in [2.05, 4.69) is 20.9 Å². The quantitative estimate of drug-likeness (QED) is 0.124. The number of amides is 4. The fourth-order valence-electron chi connectivity index (χ4n) is 4.18. The van der Waals surface area contributed by atoms with Crippen molar-refractivity contribution in [2.24, 2.45) is 17.4 Å². The van der Waals surface area contributed by atoms with Crippen LogP contribution in [0.25, 0.3) is 10.9 Å². The molecule has 0 unspecified atom stereocenters. The van der Waals surface area contributed by atoms with Crippen molar-refractivity contribution in [1.29, 1.82) is 0 Å². The minimum absolute atomic E-state index is 0.0351. The molecule has 5 atom stereocenters. The molecule has 0 fully saturated rings. The lowest BCUT2D eigenvalue weighted by atomic mass is 9.96. The van der Waals surface area contributed by atoms with Gasteiger partial charge in [0.05, 0.1) is 6.04 Å². The van der Waals surface area contributed by atoms with Gasteiger partial charge in [0.25, 0.3) is 0 Å². The van der Waals surface area contributed by atoms with Crippen LogP contribution in [0.4, 0.5) is 0 Å². The van der Waals surface area contributed by atoms with Crippen LogP contribution >= 0.6 is 0 Å². The number of aliphatic carboxylic acids is 2. The first kappa shape index (κ1) is 32.8. The van der Waals surface area contributed by atoms with E-state index in [4.69, 9.17) is 11.5 Å². The fourth-order valence-corrected chi connectivity index (χ4v) is 4.18. The zero-order valence-electron chi connectivity index (χ0n) is 23.0. The molecule has 1 aromatic heterocycles. The Morgan fingerprint density at radius 3 is 2.17 bits per heavy atom. The van der Waals surface area contributed by atoms with Gasteiger partial charge in [0.2, 0.25) is 23.6 Å². The predicted molar refractivity (Wildman–Crippen MR) is 148 cm³/mol. The first-order chi connectivity index (χ1) is 19.3. The summed E-state index contributed by atoms with van der Waals surface area (Å²) in [6, 6.07) is 2.20. The smallest absolute Gasteiger partial charge is 0.326 e. The highest BCUT2D eigenvalue weighted by molar-refractivity contribution is 5.95. The molecule has 10 N–H and O–H groups in total.